The summed E-state index contributed by atoms with van der Waals surface area (Å²) in [6, 6.07) is 32.2. The van der Waals surface area contributed by atoms with Crippen molar-refractivity contribution in [2.24, 2.45) is 16.3 Å². The zero-order valence-corrected chi connectivity index (χ0v) is 21.1. The molecule has 1 saturated heterocycles. The maximum atomic E-state index is 7.01. The van der Waals surface area contributed by atoms with Gasteiger partial charge in [0.1, 0.15) is 0 Å². The molecule has 0 N–H and O–H groups in total. The van der Waals surface area contributed by atoms with E-state index in [1.807, 2.05) is 0 Å². The predicted octanol–water partition coefficient (Wildman–Crippen LogP) is 5.24. The molecule has 0 spiro atoms. The van der Waals surface area contributed by atoms with E-state index in [9.17, 15) is 0 Å². The molecule has 0 amide bonds. The molecule has 2 fully saturated rings. The van der Waals surface area contributed by atoms with Crippen molar-refractivity contribution in [2.75, 3.05) is 6.61 Å². The van der Waals surface area contributed by atoms with Crippen LogP contribution in [-0.4, -0.2) is 22.1 Å². The number of nitrogens with zero attached hydrogens (tertiary/aromatic N) is 1. The van der Waals surface area contributed by atoms with Crippen LogP contribution in [-0.2, 0) is 34.4 Å². The fourth-order valence-electron chi connectivity index (χ4n) is 5.88. The van der Waals surface area contributed by atoms with Crippen LogP contribution in [0, 0.1) is 11.3 Å². The second-order valence-corrected chi connectivity index (χ2v) is 11.0. The Morgan fingerprint density at radius 2 is 1.31 bits per heavy atom. The van der Waals surface area contributed by atoms with Crippen LogP contribution in [0.15, 0.2) is 96.0 Å². The fraction of sp³-hybridized carbons (Fsp3) is 0.286. The number of rotatable bonds is 4. The van der Waals surface area contributed by atoms with Crippen molar-refractivity contribution in [1.29, 1.82) is 0 Å². The Morgan fingerprint density at radius 1 is 0.781 bits per heavy atom. The number of ether oxygens (including phenoxy) is 2. The van der Waals surface area contributed by atoms with Crippen LogP contribution >= 0.6 is 0 Å². The van der Waals surface area contributed by atoms with Gasteiger partial charge in [-0.15, -0.1) is 0 Å². The number of fused-ring (bicyclic) bond motifs is 1. The predicted molar refractivity (Wildman–Crippen MR) is 122 cm³/mol. The summed E-state index contributed by atoms with van der Waals surface area (Å²) in [4.78, 5) is 5.18. The molecule has 3 aromatic carbocycles. The first-order valence-electron chi connectivity index (χ1n) is 11.1. The Hall–Kier alpha value is -2.35. The van der Waals surface area contributed by atoms with E-state index >= 15 is 0 Å². The van der Waals surface area contributed by atoms with Crippen LogP contribution < -0.4 is 0 Å². The van der Waals surface area contributed by atoms with E-state index in [0.29, 0.717) is 6.61 Å². The van der Waals surface area contributed by atoms with Gasteiger partial charge in [0.05, 0.1) is 0 Å². The summed E-state index contributed by atoms with van der Waals surface area (Å²) in [6.07, 6.45) is 0. The van der Waals surface area contributed by atoms with E-state index in [-0.39, 0.29) is 17.4 Å². The van der Waals surface area contributed by atoms with Crippen molar-refractivity contribution in [3.8, 4) is 0 Å². The molecule has 3 atom stereocenters. The van der Waals surface area contributed by atoms with Crippen molar-refractivity contribution in [3.05, 3.63) is 108 Å². The minimum absolute atomic E-state index is 0.235. The molecule has 160 valence electrons. The Kier molecular flexibility index (Phi) is 4.48. The summed E-state index contributed by atoms with van der Waals surface area (Å²) in [5.74, 6) is 1.36. The Labute approximate surface area is 199 Å². The molecule has 3 aliphatic rings. The average molecular weight is 591 g/mol. The van der Waals surface area contributed by atoms with Gasteiger partial charge in [-0.3, -0.25) is 0 Å². The molecule has 1 saturated carbocycles. The Bertz CT molecular complexity index is 1170. The molecular formula is C28H25NO2W. The van der Waals surface area contributed by atoms with Gasteiger partial charge < -0.3 is 0 Å². The van der Waals surface area contributed by atoms with Gasteiger partial charge in [-0.05, 0) is 0 Å². The SMILES string of the molecule is CC1(C)COC([C@]23[C@H]([C](=[W])OC2(c2ccccc2)c2ccccc2)[C@H]3c2ccccc2)=N1. The summed E-state index contributed by atoms with van der Waals surface area (Å²) in [6.45, 7) is 4.90. The molecule has 2 heterocycles. The van der Waals surface area contributed by atoms with Gasteiger partial charge in [0, 0.05) is 0 Å². The molecule has 2 aliphatic heterocycles. The molecule has 0 unspecified atom stereocenters. The van der Waals surface area contributed by atoms with E-state index < -0.39 is 11.0 Å². The molecule has 0 radical (unpaired) electrons. The summed E-state index contributed by atoms with van der Waals surface area (Å²) >= 11 is 1.37. The van der Waals surface area contributed by atoms with E-state index in [4.69, 9.17) is 14.5 Å². The maximum absolute atomic E-state index is 7.01. The van der Waals surface area contributed by atoms with Gasteiger partial charge >= 0.3 is 200 Å². The third kappa shape index (κ3) is 2.62. The van der Waals surface area contributed by atoms with Crippen molar-refractivity contribution >= 4 is 9.98 Å². The quantitative estimate of drug-likeness (QED) is 0.416. The molecule has 1 aliphatic carbocycles. The van der Waals surface area contributed by atoms with Crippen molar-refractivity contribution in [3.63, 3.8) is 0 Å². The molecule has 0 bridgehead atoms. The molecule has 3 nitrogen and oxygen atoms in total. The zero-order chi connectivity index (χ0) is 22.0. The molecule has 0 aromatic heterocycles. The molecular weight excluding hydrogens is 566 g/mol. The van der Waals surface area contributed by atoms with E-state index in [1.54, 1.807) is 0 Å². The molecule has 3 aromatic rings. The van der Waals surface area contributed by atoms with E-state index in [0.717, 1.165) is 21.1 Å². The number of hydrogen-bond donors (Lipinski definition) is 0. The zero-order valence-electron chi connectivity index (χ0n) is 18.2. The first-order chi connectivity index (χ1) is 15.5. The van der Waals surface area contributed by atoms with E-state index in [1.165, 1.54) is 24.9 Å². The minimum atomic E-state index is -0.684. The third-order valence-corrected chi connectivity index (χ3v) is 8.35. The summed E-state index contributed by atoms with van der Waals surface area (Å²) in [7, 11) is 0. The molecule has 4 heteroatoms. The Morgan fingerprint density at radius 3 is 1.81 bits per heavy atom. The average Bonchev–Trinajstić information content (AvgIpc) is 3.29. The fourth-order valence-corrected chi connectivity index (χ4v) is 7.49. The monoisotopic (exact) mass is 591 g/mol. The summed E-state index contributed by atoms with van der Waals surface area (Å²) in [5, 5.41) is 0. The number of hydrogen-bond acceptors (Lipinski definition) is 3. The van der Waals surface area contributed by atoms with Crippen molar-refractivity contribution in [1.82, 2.24) is 0 Å². The normalized spacial score (nSPS) is 29.2. The Balaban J connectivity index is 1.68. The van der Waals surface area contributed by atoms with Crippen LogP contribution in [0.25, 0.3) is 0 Å². The van der Waals surface area contributed by atoms with Crippen LogP contribution in [0.2, 0.25) is 0 Å². The third-order valence-electron chi connectivity index (χ3n) is 7.14. The topological polar surface area (TPSA) is 30.8 Å². The van der Waals surface area contributed by atoms with Gasteiger partial charge in [-0.2, -0.15) is 0 Å². The van der Waals surface area contributed by atoms with E-state index in [2.05, 4.69) is 105 Å². The van der Waals surface area contributed by atoms with Crippen molar-refractivity contribution < 1.29 is 28.8 Å². The summed E-state index contributed by atoms with van der Waals surface area (Å²) in [5.41, 5.74) is 2.32. The van der Waals surface area contributed by atoms with Gasteiger partial charge in [0.2, 0.25) is 0 Å². The van der Waals surface area contributed by atoms with Gasteiger partial charge in [0.15, 0.2) is 0 Å². The number of benzene rings is 3. The van der Waals surface area contributed by atoms with Crippen LogP contribution in [0.3, 0.4) is 0 Å². The van der Waals surface area contributed by atoms with Gasteiger partial charge in [-0.25, -0.2) is 0 Å². The standard InChI is InChI=1S/C28H25NO2.W/c1-26(2)19-30-25(29-26)27-23(24(27)20-12-6-3-7-13-20)18-31-28(27,21-14-8-4-9-15-21)22-16-10-5-11-17-22;/h3-17,23-24H,19H2,1-2H3;/t23-,24-,27-;/m1./s1. The molecule has 32 heavy (non-hydrogen) atoms. The van der Waals surface area contributed by atoms with Crippen LogP contribution in [0.1, 0.15) is 36.5 Å². The second kappa shape index (κ2) is 7.07. The van der Waals surface area contributed by atoms with Gasteiger partial charge in [0.25, 0.3) is 0 Å². The first-order valence-corrected chi connectivity index (χ1v) is 12.6. The second-order valence-electron chi connectivity index (χ2n) is 9.59. The van der Waals surface area contributed by atoms with Gasteiger partial charge in [-0.1, -0.05) is 0 Å². The van der Waals surface area contributed by atoms with Crippen LogP contribution in [0.5, 0.6) is 0 Å². The van der Waals surface area contributed by atoms with Crippen molar-refractivity contribution in [2.45, 2.75) is 30.9 Å². The number of aliphatic imine (C=N–C) groups is 1. The molecule has 6 rings (SSSR count). The first kappa shape index (κ1) is 20.3. The summed E-state index contributed by atoms with van der Waals surface area (Å²) < 4.78 is 14.6. The van der Waals surface area contributed by atoms with Crippen LogP contribution in [0.4, 0.5) is 0 Å².